The number of benzene rings is 1. The van der Waals surface area contributed by atoms with E-state index in [4.69, 9.17) is 11.6 Å². The fourth-order valence-electron chi connectivity index (χ4n) is 1.49. The van der Waals surface area contributed by atoms with Crippen LogP contribution in [0.15, 0.2) is 35.3 Å². The summed E-state index contributed by atoms with van der Waals surface area (Å²) in [6, 6.07) is 6.09. The van der Waals surface area contributed by atoms with Crippen LogP contribution in [-0.4, -0.2) is 12.8 Å². The van der Waals surface area contributed by atoms with Gasteiger partial charge in [-0.1, -0.05) is 29.3 Å². The second kappa shape index (κ2) is 5.86. The molecular weight excluding hydrogens is 218 g/mol. The van der Waals surface area contributed by atoms with E-state index < -0.39 is 0 Å². The summed E-state index contributed by atoms with van der Waals surface area (Å²) in [7, 11) is 1.82. The van der Waals surface area contributed by atoms with Crippen LogP contribution < -0.4 is 0 Å². The van der Waals surface area contributed by atoms with Crippen molar-refractivity contribution >= 4 is 17.3 Å². The highest BCUT2D eigenvalue weighted by Crippen LogP contribution is 2.19. The molecule has 0 aliphatic carbocycles. The zero-order valence-electron chi connectivity index (χ0n) is 10.2. The van der Waals surface area contributed by atoms with Crippen molar-refractivity contribution in [3.8, 4) is 0 Å². The van der Waals surface area contributed by atoms with Crippen molar-refractivity contribution in [2.75, 3.05) is 7.05 Å². The van der Waals surface area contributed by atoms with Gasteiger partial charge in [0.2, 0.25) is 0 Å². The minimum absolute atomic E-state index is 0.800. The number of rotatable bonds is 4. The molecule has 0 N–H and O–H groups in total. The van der Waals surface area contributed by atoms with Gasteiger partial charge >= 0.3 is 0 Å². The second-order valence-corrected chi connectivity index (χ2v) is 4.50. The number of aliphatic imine (C=N–C) groups is 1. The summed E-state index contributed by atoms with van der Waals surface area (Å²) in [6.07, 6.45) is 1.89. The molecule has 0 aromatic heterocycles. The van der Waals surface area contributed by atoms with Crippen LogP contribution in [0.4, 0.5) is 0 Å². The van der Waals surface area contributed by atoms with Crippen LogP contribution in [0.5, 0.6) is 0 Å². The number of halogens is 1. The molecule has 1 aromatic carbocycles. The summed E-state index contributed by atoms with van der Waals surface area (Å²) in [5.74, 6) is 0. The van der Waals surface area contributed by atoms with Gasteiger partial charge in [0.05, 0.1) is 0 Å². The zero-order chi connectivity index (χ0) is 12.1. The van der Waals surface area contributed by atoms with E-state index in [2.05, 4.69) is 17.6 Å². The third kappa shape index (κ3) is 3.49. The SMILES string of the molecule is C=C(C)CC/C(=N\C)c1ccc(C)c(Cl)c1. The first-order chi connectivity index (χ1) is 7.54. The highest BCUT2D eigenvalue weighted by molar-refractivity contribution is 6.31. The number of nitrogens with zero attached hydrogens (tertiary/aromatic N) is 1. The lowest BCUT2D eigenvalue weighted by molar-refractivity contribution is 1.01. The molecule has 0 saturated carbocycles. The molecule has 1 rings (SSSR count). The maximum atomic E-state index is 6.11. The molecule has 16 heavy (non-hydrogen) atoms. The summed E-state index contributed by atoms with van der Waals surface area (Å²) in [6.45, 7) is 7.95. The van der Waals surface area contributed by atoms with E-state index in [0.717, 1.165) is 34.7 Å². The minimum atomic E-state index is 0.800. The van der Waals surface area contributed by atoms with Crippen molar-refractivity contribution < 1.29 is 0 Å². The molecule has 0 heterocycles. The van der Waals surface area contributed by atoms with E-state index in [1.165, 1.54) is 5.57 Å². The molecule has 1 aromatic rings. The Kier molecular flexibility index (Phi) is 4.75. The van der Waals surface area contributed by atoms with Crippen LogP contribution in [-0.2, 0) is 0 Å². The van der Waals surface area contributed by atoms with Crippen LogP contribution in [0, 0.1) is 6.92 Å². The van der Waals surface area contributed by atoms with E-state index in [-0.39, 0.29) is 0 Å². The van der Waals surface area contributed by atoms with Crippen LogP contribution in [0.1, 0.15) is 30.9 Å². The highest BCUT2D eigenvalue weighted by atomic mass is 35.5. The Bertz CT molecular complexity index is 419. The Balaban J connectivity index is 2.88. The molecule has 0 radical (unpaired) electrons. The average Bonchev–Trinajstić information content (AvgIpc) is 2.23. The number of hydrogen-bond donors (Lipinski definition) is 0. The summed E-state index contributed by atoms with van der Waals surface area (Å²) in [5.41, 5.74) is 4.48. The normalized spacial score (nSPS) is 11.6. The molecule has 0 aliphatic rings. The van der Waals surface area contributed by atoms with E-state index in [1.807, 2.05) is 33.0 Å². The Labute approximate surface area is 103 Å². The molecule has 2 heteroatoms. The quantitative estimate of drug-likeness (QED) is 0.541. The minimum Gasteiger partial charge on any atom is -0.292 e. The van der Waals surface area contributed by atoms with Gasteiger partial charge in [0, 0.05) is 17.8 Å². The maximum Gasteiger partial charge on any atom is 0.0441 e. The lowest BCUT2D eigenvalue weighted by atomic mass is 10.0. The Morgan fingerprint density at radius 3 is 2.56 bits per heavy atom. The van der Waals surface area contributed by atoms with Crippen LogP contribution in [0.3, 0.4) is 0 Å². The predicted molar refractivity (Wildman–Crippen MR) is 72.7 cm³/mol. The molecular formula is C14H18ClN. The number of aryl methyl sites for hydroxylation is 1. The molecule has 0 amide bonds. The van der Waals surface area contributed by atoms with Crippen molar-refractivity contribution in [2.24, 2.45) is 4.99 Å². The van der Waals surface area contributed by atoms with Crippen LogP contribution in [0.25, 0.3) is 0 Å². The first-order valence-electron chi connectivity index (χ1n) is 5.41. The smallest absolute Gasteiger partial charge is 0.0441 e. The zero-order valence-corrected chi connectivity index (χ0v) is 10.9. The molecule has 0 spiro atoms. The lowest BCUT2D eigenvalue weighted by Gasteiger charge is -2.07. The molecule has 0 atom stereocenters. The summed E-state index contributed by atoms with van der Waals surface area (Å²) < 4.78 is 0. The molecule has 0 saturated heterocycles. The maximum absolute atomic E-state index is 6.11. The highest BCUT2D eigenvalue weighted by Gasteiger charge is 2.05. The van der Waals surface area contributed by atoms with Gasteiger partial charge in [-0.05, 0) is 43.9 Å². The number of allylic oxidation sites excluding steroid dienone is 1. The van der Waals surface area contributed by atoms with Gasteiger partial charge in [-0.3, -0.25) is 4.99 Å². The third-order valence-electron chi connectivity index (χ3n) is 2.56. The van der Waals surface area contributed by atoms with E-state index in [1.54, 1.807) is 0 Å². The van der Waals surface area contributed by atoms with Gasteiger partial charge in [0.1, 0.15) is 0 Å². The standard InChI is InChI=1S/C14H18ClN/c1-10(2)5-8-14(16-4)12-7-6-11(3)13(15)9-12/h6-7,9H,1,5,8H2,2-4H3/b16-14+. The number of hydrogen-bond acceptors (Lipinski definition) is 1. The molecule has 1 nitrogen and oxygen atoms in total. The van der Waals surface area contributed by atoms with Crippen LogP contribution in [0.2, 0.25) is 5.02 Å². The van der Waals surface area contributed by atoms with Gasteiger partial charge < -0.3 is 0 Å². The van der Waals surface area contributed by atoms with Gasteiger partial charge in [0.15, 0.2) is 0 Å². The van der Waals surface area contributed by atoms with E-state index >= 15 is 0 Å². The topological polar surface area (TPSA) is 12.4 Å². The first kappa shape index (κ1) is 13.0. The fourth-order valence-corrected chi connectivity index (χ4v) is 1.67. The Morgan fingerprint density at radius 1 is 1.38 bits per heavy atom. The molecule has 0 fully saturated rings. The van der Waals surface area contributed by atoms with Gasteiger partial charge in [-0.25, -0.2) is 0 Å². The summed E-state index contributed by atoms with van der Waals surface area (Å²) in [5, 5.41) is 0.800. The average molecular weight is 236 g/mol. The van der Waals surface area contributed by atoms with E-state index in [9.17, 15) is 0 Å². The summed E-state index contributed by atoms with van der Waals surface area (Å²) >= 11 is 6.11. The van der Waals surface area contributed by atoms with Crippen molar-refractivity contribution in [3.63, 3.8) is 0 Å². The van der Waals surface area contributed by atoms with Gasteiger partial charge in [-0.15, -0.1) is 6.58 Å². The van der Waals surface area contributed by atoms with Crippen LogP contribution >= 0.6 is 11.6 Å². The van der Waals surface area contributed by atoms with Crippen molar-refractivity contribution in [1.82, 2.24) is 0 Å². The first-order valence-corrected chi connectivity index (χ1v) is 5.79. The van der Waals surface area contributed by atoms with Crippen molar-refractivity contribution in [1.29, 1.82) is 0 Å². The fraction of sp³-hybridized carbons (Fsp3) is 0.357. The lowest BCUT2D eigenvalue weighted by Crippen LogP contribution is -2.01. The predicted octanol–water partition coefficient (Wildman–Crippen LogP) is 4.42. The molecule has 86 valence electrons. The Morgan fingerprint density at radius 2 is 2.06 bits per heavy atom. The third-order valence-corrected chi connectivity index (χ3v) is 2.97. The largest absolute Gasteiger partial charge is 0.292 e. The molecule has 0 aliphatic heterocycles. The summed E-state index contributed by atoms with van der Waals surface area (Å²) in [4.78, 5) is 4.32. The second-order valence-electron chi connectivity index (χ2n) is 4.09. The molecule has 0 bridgehead atoms. The van der Waals surface area contributed by atoms with E-state index in [0.29, 0.717) is 0 Å². The van der Waals surface area contributed by atoms with Gasteiger partial charge in [0.25, 0.3) is 0 Å². The van der Waals surface area contributed by atoms with Crippen molar-refractivity contribution in [3.05, 3.63) is 46.5 Å². The Hall–Kier alpha value is -1.08. The molecule has 0 unspecified atom stereocenters. The monoisotopic (exact) mass is 235 g/mol. The van der Waals surface area contributed by atoms with Gasteiger partial charge in [-0.2, -0.15) is 0 Å². The van der Waals surface area contributed by atoms with Crippen molar-refractivity contribution in [2.45, 2.75) is 26.7 Å².